The molecule has 0 bridgehead atoms. The van der Waals surface area contributed by atoms with E-state index >= 15 is 0 Å². The number of alkyl halides is 2. The molecule has 1 atom stereocenters. The van der Waals surface area contributed by atoms with E-state index in [1.165, 1.54) is 41.4 Å². The summed E-state index contributed by atoms with van der Waals surface area (Å²) in [6, 6.07) is 10.4. The number of nitrogens with one attached hydrogen (secondary N) is 2. The van der Waals surface area contributed by atoms with E-state index in [1.54, 1.807) is 18.3 Å². The Morgan fingerprint density at radius 1 is 1.28 bits per heavy atom. The third kappa shape index (κ3) is 6.55. The number of H-pyrrole nitrogens is 1. The first kappa shape index (κ1) is 29.8. The third-order valence-corrected chi connectivity index (χ3v) is 8.52. The Hall–Kier alpha value is -4.67. The van der Waals surface area contributed by atoms with Gasteiger partial charge in [-0.25, -0.2) is 22.2 Å². The van der Waals surface area contributed by atoms with Crippen molar-refractivity contribution in [2.24, 2.45) is 5.73 Å². The lowest BCUT2D eigenvalue weighted by molar-refractivity contribution is -0.384. The molecule has 16 heteroatoms. The molecular formula is C27H26F2N6O7S. The second-order valence-corrected chi connectivity index (χ2v) is 11.6. The fourth-order valence-corrected chi connectivity index (χ4v) is 6.14. The summed E-state index contributed by atoms with van der Waals surface area (Å²) < 4.78 is 64.7. The van der Waals surface area contributed by atoms with Gasteiger partial charge < -0.3 is 25.5 Å². The number of aromatic amines is 1. The van der Waals surface area contributed by atoms with Crippen LogP contribution in [0, 0.1) is 10.1 Å². The van der Waals surface area contributed by atoms with Crippen LogP contribution in [0.4, 0.5) is 20.2 Å². The maximum atomic E-state index is 13.8. The zero-order valence-electron chi connectivity index (χ0n) is 22.4. The van der Waals surface area contributed by atoms with Crippen molar-refractivity contribution >= 4 is 38.2 Å². The van der Waals surface area contributed by atoms with Crippen LogP contribution >= 0.6 is 0 Å². The van der Waals surface area contributed by atoms with Crippen molar-refractivity contribution in [3.8, 4) is 11.5 Å². The van der Waals surface area contributed by atoms with Crippen LogP contribution in [0.2, 0.25) is 0 Å². The van der Waals surface area contributed by atoms with Crippen molar-refractivity contribution in [2.75, 3.05) is 38.1 Å². The summed E-state index contributed by atoms with van der Waals surface area (Å²) in [4.78, 5) is 31.2. The van der Waals surface area contributed by atoms with E-state index in [2.05, 4.69) is 15.3 Å². The van der Waals surface area contributed by atoms with E-state index in [4.69, 9.17) is 15.2 Å². The molecule has 4 aromatic rings. The number of nitrogens with zero attached hydrogens (tertiary/aromatic N) is 3. The summed E-state index contributed by atoms with van der Waals surface area (Å²) in [6.45, 7) is 0.413. The first-order valence-corrected chi connectivity index (χ1v) is 14.4. The van der Waals surface area contributed by atoms with Gasteiger partial charge in [-0.2, -0.15) is 0 Å². The second kappa shape index (κ2) is 12.3. The maximum Gasteiger partial charge on any atom is 0.293 e. The van der Waals surface area contributed by atoms with Crippen molar-refractivity contribution in [1.29, 1.82) is 0 Å². The van der Waals surface area contributed by atoms with Crippen LogP contribution in [0.5, 0.6) is 11.5 Å². The van der Waals surface area contributed by atoms with Gasteiger partial charge in [-0.15, -0.1) is 0 Å². The van der Waals surface area contributed by atoms with Crippen LogP contribution in [0.15, 0.2) is 70.7 Å². The molecule has 4 N–H and O–H groups in total. The normalized spacial score (nSPS) is 15.9. The molecular weight excluding hydrogens is 590 g/mol. The minimum absolute atomic E-state index is 0.00627. The van der Waals surface area contributed by atoms with Crippen LogP contribution in [-0.2, 0) is 14.6 Å². The SMILES string of the molecule is NC(=O)c1cccc(S(=O)(=O)c2ccc(NCC3CN(CC(F)F)CCO3)c([N+](=O)[O-])c2)c1Oc1cnc2[nH]ccc2c1. The number of aromatic nitrogens is 2. The Labute approximate surface area is 243 Å². The van der Waals surface area contributed by atoms with Crippen LogP contribution in [-0.4, -0.2) is 79.4 Å². The van der Waals surface area contributed by atoms with Gasteiger partial charge in [0, 0.05) is 37.3 Å². The average Bonchev–Trinajstić information content (AvgIpc) is 3.44. The van der Waals surface area contributed by atoms with Gasteiger partial charge in [-0.1, -0.05) is 6.07 Å². The highest BCUT2D eigenvalue weighted by Gasteiger charge is 2.30. The van der Waals surface area contributed by atoms with Crippen LogP contribution in [0.1, 0.15) is 10.4 Å². The number of primary amides is 1. The van der Waals surface area contributed by atoms with E-state index in [-0.39, 0.29) is 42.4 Å². The van der Waals surface area contributed by atoms with Crippen molar-refractivity contribution < 1.29 is 36.4 Å². The van der Waals surface area contributed by atoms with Crippen molar-refractivity contribution in [2.45, 2.75) is 22.3 Å². The topological polar surface area (TPSA) is 183 Å². The van der Waals surface area contributed by atoms with Gasteiger partial charge in [-0.05, 0) is 36.4 Å². The Morgan fingerprint density at radius 3 is 2.84 bits per heavy atom. The summed E-state index contributed by atoms with van der Waals surface area (Å²) in [7, 11) is -4.50. The largest absolute Gasteiger partial charge is 0.453 e. The molecule has 3 heterocycles. The number of carbonyl (C=O) groups is 1. The first-order chi connectivity index (χ1) is 20.5. The monoisotopic (exact) mass is 616 g/mol. The molecule has 2 aromatic carbocycles. The molecule has 13 nitrogen and oxygen atoms in total. The van der Waals surface area contributed by atoms with Crippen LogP contribution in [0.3, 0.4) is 0 Å². The zero-order chi connectivity index (χ0) is 30.7. The molecule has 0 saturated carbocycles. The number of fused-ring (bicyclic) bond motifs is 1. The first-order valence-electron chi connectivity index (χ1n) is 13.0. The number of carbonyl (C=O) groups excluding carboxylic acids is 1. The summed E-state index contributed by atoms with van der Waals surface area (Å²) in [6.07, 6.45) is -0.0334. The third-order valence-electron chi connectivity index (χ3n) is 6.74. The minimum Gasteiger partial charge on any atom is -0.453 e. The summed E-state index contributed by atoms with van der Waals surface area (Å²) in [5.41, 5.74) is 5.32. The predicted octanol–water partition coefficient (Wildman–Crippen LogP) is 3.57. The Morgan fingerprint density at radius 2 is 2.09 bits per heavy atom. The molecule has 1 amide bonds. The molecule has 1 fully saturated rings. The number of nitro groups is 1. The number of hydrogen-bond donors (Lipinski definition) is 3. The fourth-order valence-electron chi connectivity index (χ4n) is 4.71. The van der Waals surface area contributed by atoms with Crippen LogP contribution in [0.25, 0.3) is 11.0 Å². The van der Waals surface area contributed by atoms with Crippen LogP contribution < -0.4 is 15.8 Å². The Bertz CT molecular complexity index is 1780. The van der Waals surface area contributed by atoms with Crippen molar-refractivity contribution in [1.82, 2.24) is 14.9 Å². The molecule has 1 unspecified atom stereocenters. The van der Waals surface area contributed by atoms with Gasteiger partial charge in [0.25, 0.3) is 18.0 Å². The number of nitrogens with two attached hydrogens (primary N) is 1. The number of para-hydroxylation sites is 1. The number of sulfone groups is 1. The highest BCUT2D eigenvalue weighted by Crippen LogP contribution is 2.38. The van der Waals surface area contributed by atoms with Crippen molar-refractivity contribution in [3.63, 3.8) is 0 Å². The zero-order valence-corrected chi connectivity index (χ0v) is 23.2. The molecule has 2 aromatic heterocycles. The molecule has 0 aliphatic carbocycles. The minimum atomic E-state index is -4.50. The standard InChI is InChI=1S/C27H26F2N6O7S/c28-24(29)15-34-8-9-41-18(14-34)13-32-21-5-4-19(11-22(21)35(37)38)43(39,40)23-3-1-2-20(26(30)36)25(23)42-17-10-16-6-7-31-27(16)33-12-17/h1-7,10-12,18,24,32H,8-9,13-15H2,(H2,30,36)(H,31,33). The lowest BCUT2D eigenvalue weighted by Crippen LogP contribution is -2.46. The van der Waals surface area contributed by atoms with E-state index in [9.17, 15) is 32.1 Å². The van der Waals surface area contributed by atoms with E-state index in [1.807, 2.05) is 0 Å². The van der Waals surface area contributed by atoms with Gasteiger partial charge in [0.1, 0.15) is 22.0 Å². The fraction of sp³-hybridized carbons (Fsp3) is 0.259. The smallest absolute Gasteiger partial charge is 0.293 e. The number of nitro benzene ring substituents is 1. The predicted molar refractivity (Wildman–Crippen MR) is 150 cm³/mol. The van der Waals surface area contributed by atoms with Gasteiger partial charge in [-0.3, -0.25) is 19.8 Å². The lowest BCUT2D eigenvalue weighted by Gasteiger charge is -2.32. The number of benzene rings is 2. The number of morpholine rings is 1. The summed E-state index contributed by atoms with van der Waals surface area (Å²) in [5.74, 6) is -1.19. The number of pyridine rings is 1. The summed E-state index contributed by atoms with van der Waals surface area (Å²) in [5, 5.41) is 15.5. The highest BCUT2D eigenvalue weighted by atomic mass is 32.2. The maximum absolute atomic E-state index is 13.8. The number of rotatable bonds is 11. The van der Waals surface area contributed by atoms with Gasteiger partial charge in [0.15, 0.2) is 5.75 Å². The lowest BCUT2D eigenvalue weighted by atomic mass is 10.2. The van der Waals surface area contributed by atoms with Crippen molar-refractivity contribution in [3.05, 3.63) is 76.6 Å². The molecule has 1 saturated heterocycles. The number of amides is 1. The summed E-state index contributed by atoms with van der Waals surface area (Å²) >= 11 is 0. The average molecular weight is 617 g/mol. The molecule has 1 aliphatic heterocycles. The molecule has 1 aliphatic rings. The quantitative estimate of drug-likeness (QED) is 0.166. The Kier molecular flexibility index (Phi) is 8.52. The molecule has 226 valence electrons. The van der Waals surface area contributed by atoms with Gasteiger partial charge in [0.05, 0.1) is 40.8 Å². The second-order valence-electron chi connectivity index (χ2n) is 9.65. The number of hydrogen-bond acceptors (Lipinski definition) is 10. The molecule has 0 spiro atoms. The molecule has 5 rings (SSSR count). The van der Waals surface area contributed by atoms with E-state index < -0.39 is 55.2 Å². The Balaban J connectivity index is 1.45. The molecule has 0 radical (unpaired) electrons. The molecule has 43 heavy (non-hydrogen) atoms. The number of anilines is 1. The van der Waals surface area contributed by atoms with Gasteiger partial charge >= 0.3 is 0 Å². The number of ether oxygens (including phenoxy) is 2. The van der Waals surface area contributed by atoms with E-state index in [0.717, 1.165) is 6.07 Å². The van der Waals surface area contributed by atoms with Gasteiger partial charge in [0.2, 0.25) is 9.84 Å². The number of halogens is 2. The highest BCUT2D eigenvalue weighted by molar-refractivity contribution is 7.91. The van der Waals surface area contributed by atoms with E-state index in [0.29, 0.717) is 17.6 Å².